The summed E-state index contributed by atoms with van der Waals surface area (Å²) in [6.45, 7) is 15.3. The molecular formula is C36H54O9S. The first-order chi connectivity index (χ1) is 21.9. The van der Waals surface area contributed by atoms with Crippen LogP contribution in [-0.2, 0) is 38.3 Å². The Hall–Kier alpha value is -1.63. The van der Waals surface area contributed by atoms with E-state index in [-0.39, 0.29) is 54.9 Å². The molecule has 4 aliphatic rings. The van der Waals surface area contributed by atoms with Crippen LogP contribution in [0, 0.1) is 11.8 Å². The number of benzene rings is 1. The maximum atomic E-state index is 13.7. The van der Waals surface area contributed by atoms with E-state index in [0.717, 1.165) is 49.7 Å². The molecule has 5 rings (SSSR count). The lowest BCUT2D eigenvalue weighted by atomic mass is 9.83. The first kappa shape index (κ1) is 35.7. The molecule has 0 aliphatic carbocycles. The average molecular weight is 663 g/mol. The van der Waals surface area contributed by atoms with Crippen LogP contribution in [0.4, 0.5) is 0 Å². The van der Waals surface area contributed by atoms with Gasteiger partial charge in [0.1, 0.15) is 0 Å². The van der Waals surface area contributed by atoms with Gasteiger partial charge in [-0.2, -0.15) is 0 Å². The van der Waals surface area contributed by atoms with Gasteiger partial charge < -0.3 is 33.5 Å². The molecule has 0 aromatic heterocycles. The Labute approximate surface area is 275 Å². The van der Waals surface area contributed by atoms with Crippen LogP contribution in [-0.4, -0.2) is 94.2 Å². The lowest BCUT2D eigenvalue weighted by molar-refractivity contribution is -0.144. The second-order valence-electron chi connectivity index (χ2n) is 14.1. The molecule has 0 spiro atoms. The van der Waals surface area contributed by atoms with Crippen molar-refractivity contribution < 1.29 is 41.9 Å². The standard InChI is InChI=1S/C36H54O9S/c1-23-17-27(14-15-31-24(2)18-26(42-31)11-10-16-37)43-32(25(23)3)20-33-30(22-46(38,39)29-12-8-7-9-13-29)35(40-6)34(44-33)19-28-21-41-36(4,5)45-28/h7-9,12-13,23,26-28,30-35,37H,2-3,10-11,14-22H2,1,4-6H3/t23-,26+,27?,28+,30?,31+,32-,33+,34-,35-/m1/s1. The number of ether oxygens (including phenoxy) is 6. The summed E-state index contributed by atoms with van der Waals surface area (Å²) >= 11 is 0. The van der Waals surface area contributed by atoms with E-state index in [1.807, 2.05) is 19.9 Å². The van der Waals surface area contributed by atoms with Crippen molar-refractivity contribution in [3.8, 4) is 0 Å². The molecular weight excluding hydrogens is 608 g/mol. The Kier molecular flexibility index (Phi) is 11.9. The summed E-state index contributed by atoms with van der Waals surface area (Å²) in [5.74, 6) is -0.923. The minimum absolute atomic E-state index is 0.00639. The minimum Gasteiger partial charge on any atom is -0.396 e. The van der Waals surface area contributed by atoms with Gasteiger partial charge in [-0.15, -0.1) is 0 Å². The molecule has 258 valence electrons. The second kappa shape index (κ2) is 15.3. The highest BCUT2D eigenvalue weighted by atomic mass is 32.2. The molecule has 0 radical (unpaired) electrons. The van der Waals surface area contributed by atoms with Crippen molar-refractivity contribution in [1.29, 1.82) is 0 Å². The molecule has 1 N–H and O–H groups in total. The first-order valence-corrected chi connectivity index (χ1v) is 18.6. The summed E-state index contributed by atoms with van der Waals surface area (Å²) < 4.78 is 65.0. The van der Waals surface area contributed by atoms with Crippen LogP contribution in [0.3, 0.4) is 0 Å². The summed E-state index contributed by atoms with van der Waals surface area (Å²) in [6.07, 6.45) is 4.48. The molecule has 0 bridgehead atoms. The van der Waals surface area contributed by atoms with Crippen molar-refractivity contribution in [3.63, 3.8) is 0 Å². The van der Waals surface area contributed by atoms with Crippen LogP contribution in [0.15, 0.2) is 59.5 Å². The summed E-state index contributed by atoms with van der Waals surface area (Å²) in [5.41, 5.74) is 2.13. The Morgan fingerprint density at radius 2 is 1.70 bits per heavy atom. The van der Waals surface area contributed by atoms with Gasteiger partial charge in [-0.3, -0.25) is 0 Å². The Morgan fingerprint density at radius 1 is 0.957 bits per heavy atom. The third-order valence-electron chi connectivity index (χ3n) is 10.2. The second-order valence-corrected chi connectivity index (χ2v) is 16.1. The van der Waals surface area contributed by atoms with Crippen LogP contribution in [0.1, 0.15) is 72.1 Å². The quantitative estimate of drug-likeness (QED) is 0.262. The van der Waals surface area contributed by atoms with Gasteiger partial charge in [0.2, 0.25) is 0 Å². The van der Waals surface area contributed by atoms with Crippen molar-refractivity contribution >= 4 is 9.84 Å². The van der Waals surface area contributed by atoms with E-state index in [4.69, 9.17) is 28.4 Å². The SMILES string of the molecule is C=C1C[C@H](CCCO)O[C@H]1CCC1C[C@@H](C)C(=C)[C@@H](C[C@@H]2O[C@H](C[C@H]3COC(C)(C)O3)[C@H](OC)C2CS(=O)(=O)c2ccccc2)O1. The van der Waals surface area contributed by atoms with E-state index in [1.54, 1.807) is 31.4 Å². The van der Waals surface area contributed by atoms with E-state index < -0.39 is 33.8 Å². The van der Waals surface area contributed by atoms with Crippen molar-refractivity contribution in [2.45, 2.75) is 132 Å². The number of hydrogen-bond donors (Lipinski definition) is 1. The largest absolute Gasteiger partial charge is 0.396 e. The first-order valence-electron chi connectivity index (χ1n) is 16.9. The minimum atomic E-state index is -3.61. The zero-order valence-electron chi connectivity index (χ0n) is 28.0. The van der Waals surface area contributed by atoms with Crippen molar-refractivity contribution in [2.75, 3.05) is 26.1 Å². The molecule has 4 saturated heterocycles. The predicted molar refractivity (Wildman–Crippen MR) is 175 cm³/mol. The van der Waals surface area contributed by atoms with E-state index in [0.29, 0.717) is 24.3 Å². The van der Waals surface area contributed by atoms with Gasteiger partial charge in [-0.1, -0.05) is 38.3 Å². The normalized spacial score (nSPS) is 36.5. The molecule has 1 aromatic rings. The van der Waals surface area contributed by atoms with Crippen molar-refractivity contribution in [1.82, 2.24) is 0 Å². The molecule has 9 nitrogen and oxygen atoms in total. The number of aliphatic hydroxyl groups excluding tert-OH is 1. The van der Waals surface area contributed by atoms with Crippen LogP contribution >= 0.6 is 0 Å². The fourth-order valence-corrected chi connectivity index (χ4v) is 9.37. The zero-order valence-corrected chi connectivity index (χ0v) is 28.8. The summed E-state index contributed by atoms with van der Waals surface area (Å²) in [5, 5.41) is 9.20. The maximum absolute atomic E-state index is 13.7. The van der Waals surface area contributed by atoms with Gasteiger partial charge in [0.15, 0.2) is 15.6 Å². The molecule has 2 unspecified atom stereocenters. The van der Waals surface area contributed by atoms with Gasteiger partial charge in [-0.05, 0) is 81.6 Å². The van der Waals surface area contributed by atoms with Gasteiger partial charge in [0.25, 0.3) is 0 Å². The molecule has 46 heavy (non-hydrogen) atoms. The molecule has 10 heteroatoms. The predicted octanol–water partition coefficient (Wildman–Crippen LogP) is 5.41. The highest BCUT2D eigenvalue weighted by Gasteiger charge is 2.50. The van der Waals surface area contributed by atoms with Gasteiger partial charge in [0.05, 0.1) is 66.1 Å². The third kappa shape index (κ3) is 8.69. The molecule has 0 amide bonds. The highest BCUT2D eigenvalue weighted by Crippen LogP contribution is 2.42. The number of methoxy groups -OCH3 is 1. The van der Waals surface area contributed by atoms with Gasteiger partial charge in [-0.25, -0.2) is 8.42 Å². The summed E-state index contributed by atoms with van der Waals surface area (Å²) in [7, 11) is -1.99. The maximum Gasteiger partial charge on any atom is 0.178 e. The molecule has 0 saturated carbocycles. The topological polar surface area (TPSA) is 110 Å². The number of sulfone groups is 1. The monoisotopic (exact) mass is 662 g/mol. The van der Waals surface area contributed by atoms with E-state index in [9.17, 15) is 13.5 Å². The summed E-state index contributed by atoms with van der Waals surface area (Å²) in [4.78, 5) is 0.294. The fourth-order valence-electron chi connectivity index (χ4n) is 7.70. The lowest BCUT2D eigenvalue weighted by Gasteiger charge is -2.38. The van der Waals surface area contributed by atoms with Crippen LogP contribution in [0.5, 0.6) is 0 Å². The molecule has 1 aromatic carbocycles. The molecule has 4 aliphatic heterocycles. The number of rotatable bonds is 14. The average Bonchev–Trinajstić information content (AvgIpc) is 3.66. The van der Waals surface area contributed by atoms with Crippen LogP contribution in [0.25, 0.3) is 0 Å². The molecule has 4 fully saturated rings. The Balaban J connectivity index is 1.29. The Morgan fingerprint density at radius 3 is 2.37 bits per heavy atom. The Bertz CT molecular complexity index is 1280. The summed E-state index contributed by atoms with van der Waals surface area (Å²) in [6, 6.07) is 8.58. The number of hydrogen-bond acceptors (Lipinski definition) is 9. The number of aliphatic hydroxyl groups is 1. The van der Waals surface area contributed by atoms with E-state index >= 15 is 0 Å². The zero-order chi connectivity index (χ0) is 33.1. The smallest absolute Gasteiger partial charge is 0.178 e. The van der Waals surface area contributed by atoms with Gasteiger partial charge in [0, 0.05) is 32.5 Å². The third-order valence-corrected chi connectivity index (χ3v) is 12.0. The fraction of sp³-hybridized carbons (Fsp3) is 0.722. The van der Waals surface area contributed by atoms with Gasteiger partial charge >= 0.3 is 0 Å². The molecule has 10 atom stereocenters. The molecule has 4 heterocycles. The van der Waals surface area contributed by atoms with E-state index in [2.05, 4.69) is 20.1 Å². The van der Waals surface area contributed by atoms with Crippen LogP contribution < -0.4 is 0 Å². The lowest BCUT2D eigenvalue weighted by Crippen LogP contribution is -2.40. The van der Waals surface area contributed by atoms with E-state index in [1.165, 1.54) is 0 Å². The van der Waals surface area contributed by atoms with Crippen LogP contribution in [0.2, 0.25) is 0 Å². The van der Waals surface area contributed by atoms with Crippen molar-refractivity contribution in [3.05, 3.63) is 54.6 Å². The highest BCUT2D eigenvalue weighted by molar-refractivity contribution is 7.91. The van der Waals surface area contributed by atoms with Crippen molar-refractivity contribution in [2.24, 2.45) is 11.8 Å².